The summed E-state index contributed by atoms with van der Waals surface area (Å²) in [5.74, 6) is 0.179. The third-order valence-corrected chi connectivity index (χ3v) is 7.03. The van der Waals surface area contributed by atoms with E-state index in [4.69, 9.17) is 4.74 Å². The lowest BCUT2D eigenvalue weighted by Crippen LogP contribution is -2.56. The second kappa shape index (κ2) is 7.64. The Morgan fingerprint density at radius 1 is 1.23 bits per heavy atom. The van der Waals surface area contributed by atoms with Crippen LogP contribution in [0.2, 0.25) is 0 Å². The highest BCUT2D eigenvalue weighted by Gasteiger charge is 2.46. The van der Waals surface area contributed by atoms with Crippen molar-refractivity contribution < 1.29 is 23.1 Å². The minimum absolute atomic E-state index is 0.0481. The van der Waals surface area contributed by atoms with Crippen LogP contribution in [0.25, 0.3) is 0 Å². The fourth-order valence-electron chi connectivity index (χ4n) is 3.55. The Kier molecular flexibility index (Phi) is 5.67. The molecule has 144 valence electrons. The molecule has 7 nitrogen and oxygen atoms in total. The molecule has 0 saturated carbocycles. The van der Waals surface area contributed by atoms with Gasteiger partial charge in [0.15, 0.2) is 0 Å². The molecular formula is C18H26N2O5S. The minimum Gasteiger partial charge on any atom is -0.392 e. The van der Waals surface area contributed by atoms with Crippen LogP contribution in [0.15, 0.2) is 29.2 Å². The summed E-state index contributed by atoms with van der Waals surface area (Å²) < 4.78 is 32.1. The second-order valence-corrected chi connectivity index (χ2v) is 9.07. The van der Waals surface area contributed by atoms with Crippen molar-refractivity contribution in [2.45, 2.75) is 36.8 Å². The van der Waals surface area contributed by atoms with Crippen molar-refractivity contribution in [1.82, 2.24) is 9.21 Å². The number of methoxy groups -OCH3 is 1. The van der Waals surface area contributed by atoms with Crippen molar-refractivity contribution in [3.05, 3.63) is 29.8 Å². The fraction of sp³-hybridized carbons (Fsp3) is 0.611. The Labute approximate surface area is 154 Å². The highest BCUT2D eigenvalue weighted by Crippen LogP contribution is 2.30. The standard InChI is InChI=1S/C18H26N2O5S/c1-13-3-5-16(6-4-13)26(23,24)20-12-15(21)9-17(20)18(22)19-10-14(11-19)7-8-25-2/h3-6,14-15,17,21H,7-12H2,1-2H3. The van der Waals surface area contributed by atoms with Crippen molar-refractivity contribution in [1.29, 1.82) is 0 Å². The normalized spacial score (nSPS) is 24.7. The highest BCUT2D eigenvalue weighted by molar-refractivity contribution is 7.89. The number of amides is 1. The third-order valence-electron chi connectivity index (χ3n) is 5.15. The van der Waals surface area contributed by atoms with Gasteiger partial charge in [0, 0.05) is 39.8 Å². The lowest BCUT2D eigenvalue weighted by molar-refractivity contribution is -0.141. The summed E-state index contributed by atoms with van der Waals surface area (Å²) in [5.41, 5.74) is 0.959. The number of benzene rings is 1. The predicted molar refractivity (Wildman–Crippen MR) is 96.0 cm³/mol. The Morgan fingerprint density at radius 2 is 1.88 bits per heavy atom. The summed E-state index contributed by atoms with van der Waals surface area (Å²) in [4.78, 5) is 14.6. The summed E-state index contributed by atoms with van der Waals surface area (Å²) in [6.45, 7) is 3.73. The van der Waals surface area contributed by atoms with Crippen LogP contribution in [0.3, 0.4) is 0 Å². The number of carbonyl (C=O) groups excluding carboxylic acids is 1. The van der Waals surface area contributed by atoms with Crippen molar-refractivity contribution >= 4 is 15.9 Å². The van der Waals surface area contributed by atoms with E-state index in [9.17, 15) is 18.3 Å². The summed E-state index contributed by atoms with van der Waals surface area (Å²) in [6.07, 6.45) is 0.206. The molecule has 2 fully saturated rings. The number of aliphatic hydroxyl groups is 1. The molecule has 2 aliphatic heterocycles. The lowest BCUT2D eigenvalue weighted by atomic mass is 9.95. The largest absolute Gasteiger partial charge is 0.392 e. The van der Waals surface area contributed by atoms with Crippen LogP contribution >= 0.6 is 0 Å². The SMILES string of the molecule is COCCC1CN(C(=O)C2CC(O)CN2S(=O)(=O)c2ccc(C)cc2)C1. The first-order chi connectivity index (χ1) is 12.3. The van der Waals surface area contributed by atoms with Crippen LogP contribution in [0.5, 0.6) is 0 Å². The van der Waals surface area contributed by atoms with Gasteiger partial charge < -0.3 is 14.7 Å². The number of hydrogen-bond donors (Lipinski definition) is 1. The van der Waals surface area contributed by atoms with Gasteiger partial charge in [0.25, 0.3) is 0 Å². The van der Waals surface area contributed by atoms with Gasteiger partial charge in [-0.05, 0) is 31.4 Å². The van der Waals surface area contributed by atoms with Crippen LogP contribution in [0.1, 0.15) is 18.4 Å². The van der Waals surface area contributed by atoms with Gasteiger partial charge in [0.2, 0.25) is 15.9 Å². The molecule has 8 heteroatoms. The predicted octanol–water partition coefficient (Wildman–Crippen LogP) is 0.614. The van der Waals surface area contributed by atoms with Crippen molar-refractivity contribution in [2.24, 2.45) is 5.92 Å². The van der Waals surface area contributed by atoms with Gasteiger partial charge in [-0.1, -0.05) is 17.7 Å². The molecule has 1 aromatic carbocycles. The average Bonchev–Trinajstić information content (AvgIpc) is 2.96. The number of ether oxygens (including phenoxy) is 1. The topological polar surface area (TPSA) is 87.2 Å². The summed E-state index contributed by atoms with van der Waals surface area (Å²) in [5, 5.41) is 10.0. The van der Waals surface area contributed by atoms with Gasteiger partial charge in [0.1, 0.15) is 6.04 Å². The molecule has 0 radical (unpaired) electrons. The molecule has 1 aromatic rings. The second-order valence-electron chi connectivity index (χ2n) is 7.18. The molecule has 2 unspecified atom stereocenters. The van der Waals surface area contributed by atoms with Gasteiger partial charge in [-0.2, -0.15) is 4.31 Å². The molecule has 0 aliphatic carbocycles. The summed E-state index contributed by atoms with van der Waals surface area (Å²) >= 11 is 0. The Bertz CT molecular complexity index is 743. The lowest BCUT2D eigenvalue weighted by Gasteiger charge is -2.41. The Balaban J connectivity index is 1.73. The van der Waals surface area contributed by atoms with E-state index in [0.717, 1.165) is 16.3 Å². The van der Waals surface area contributed by atoms with E-state index in [0.29, 0.717) is 25.6 Å². The maximum absolute atomic E-state index is 13.0. The first kappa shape index (κ1) is 19.3. The molecule has 2 saturated heterocycles. The number of likely N-dealkylation sites (tertiary alicyclic amines) is 1. The van der Waals surface area contributed by atoms with Gasteiger partial charge in [-0.3, -0.25) is 4.79 Å². The molecule has 0 aromatic heterocycles. The number of carbonyl (C=O) groups is 1. The van der Waals surface area contributed by atoms with Crippen molar-refractivity contribution in [3.8, 4) is 0 Å². The number of rotatable bonds is 6. The number of hydrogen-bond acceptors (Lipinski definition) is 5. The molecular weight excluding hydrogens is 356 g/mol. The molecule has 0 spiro atoms. The van der Waals surface area contributed by atoms with Crippen LogP contribution < -0.4 is 0 Å². The van der Waals surface area contributed by atoms with E-state index in [1.807, 2.05) is 6.92 Å². The number of sulfonamides is 1. The molecule has 1 amide bonds. The zero-order valence-corrected chi connectivity index (χ0v) is 16.0. The van der Waals surface area contributed by atoms with E-state index in [2.05, 4.69) is 0 Å². The number of β-amino-alcohol motifs (C(OH)–C–C–N with tert-alkyl or cyclic N) is 1. The van der Waals surface area contributed by atoms with E-state index in [1.54, 1.807) is 36.3 Å². The number of aliphatic hydroxyl groups excluding tert-OH is 1. The van der Waals surface area contributed by atoms with E-state index >= 15 is 0 Å². The molecule has 2 heterocycles. The van der Waals surface area contributed by atoms with Crippen LogP contribution in [0.4, 0.5) is 0 Å². The minimum atomic E-state index is -3.82. The molecule has 2 atom stereocenters. The van der Waals surface area contributed by atoms with Gasteiger partial charge in [-0.15, -0.1) is 0 Å². The van der Waals surface area contributed by atoms with Gasteiger partial charge in [-0.25, -0.2) is 8.42 Å². The quantitative estimate of drug-likeness (QED) is 0.779. The fourth-order valence-corrected chi connectivity index (χ4v) is 5.18. The first-order valence-electron chi connectivity index (χ1n) is 8.87. The molecule has 1 N–H and O–H groups in total. The smallest absolute Gasteiger partial charge is 0.243 e. The first-order valence-corrected chi connectivity index (χ1v) is 10.3. The maximum Gasteiger partial charge on any atom is 0.243 e. The average molecular weight is 382 g/mol. The van der Waals surface area contributed by atoms with Crippen LogP contribution in [-0.2, 0) is 19.6 Å². The summed E-state index contributed by atoms with van der Waals surface area (Å²) in [7, 11) is -2.17. The van der Waals surface area contributed by atoms with E-state index in [1.165, 1.54) is 0 Å². The zero-order chi connectivity index (χ0) is 18.9. The van der Waals surface area contributed by atoms with Crippen molar-refractivity contribution in [2.75, 3.05) is 33.4 Å². The third kappa shape index (κ3) is 3.78. The van der Waals surface area contributed by atoms with Gasteiger partial charge >= 0.3 is 0 Å². The van der Waals surface area contributed by atoms with E-state index < -0.39 is 22.2 Å². The monoisotopic (exact) mass is 382 g/mol. The van der Waals surface area contributed by atoms with Gasteiger partial charge in [0.05, 0.1) is 11.0 Å². The number of nitrogens with zero attached hydrogens (tertiary/aromatic N) is 2. The van der Waals surface area contributed by atoms with Crippen LogP contribution in [-0.4, -0.2) is 74.1 Å². The number of aryl methyl sites for hydroxylation is 1. The molecule has 26 heavy (non-hydrogen) atoms. The highest BCUT2D eigenvalue weighted by atomic mass is 32.2. The Hall–Kier alpha value is -1.48. The molecule has 3 rings (SSSR count). The van der Waals surface area contributed by atoms with E-state index in [-0.39, 0.29) is 23.8 Å². The molecule has 2 aliphatic rings. The zero-order valence-electron chi connectivity index (χ0n) is 15.2. The Morgan fingerprint density at radius 3 is 2.50 bits per heavy atom. The maximum atomic E-state index is 13.0. The van der Waals surface area contributed by atoms with Crippen LogP contribution in [0, 0.1) is 12.8 Å². The summed E-state index contributed by atoms with van der Waals surface area (Å²) in [6, 6.07) is 5.71. The van der Waals surface area contributed by atoms with Crippen molar-refractivity contribution in [3.63, 3.8) is 0 Å². The molecule has 0 bridgehead atoms.